The Morgan fingerprint density at radius 3 is 2.67 bits per heavy atom. The fourth-order valence-electron chi connectivity index (χ4n) is 1.38. The zero-order chi connectivity index (χ0) is 11.3. The molecule has 3 heteroatoms. The predicted molar refractivity (Wildman–Crippen MR) is 61.2 cm³/mol. The van der Waals surface area contributed by atoms with E-state index < -0.39 is 0 Å². The summed E-state index contributed by atoms with van der Waals surface area (Å²) in [6, 6.07) is 6.06. The van der Waals surface area contributed by atoms with Gasteiger partial charge in [0, 0.05) is 18.7 Å². The SMILES string of the molecule is COCCOc1cc(C)ccc1[C@H](C)N. The minimum atomic E-state index is -0.0110. The van der Waals surface area contributed by atoms with Crippen LogP contribution in [0.5, 0.6) is 5.75 Å². The molecule has 2 N–H and O–H groups in total. The number of hydrogen-bond acceptors (Lipinski definition) is 3. The van der Waals surface area contributed by atoms with Crippen LogP contribution < -0.4 is 10.5 Å². The Bertz CT molecular complexity index is 310. The Balaban J connectivity index is 2.77. The van der Waals surface area contributed by atoms with Crippen molar-refractivity contribution in [2.24, 2.45) is 5.73 Å². The highest BCUT2D eigenvalue weighted by Crippen LogP contribution is 2.24. The largest absolute Gasteiger partial charge is 0.491 e. The first-order valence-corrected chi connectivity index (χ1v) is 5.13. The lowest BCUT2D eigenvalue weighted by Crippen LogP contribution is -2.10. The van der Waals surface area contributed by atoms with Gasteiger partial charge >= 0.3 is 0 Å². The van der Waals surface area contributed by atoms with Crippen LogP contribution >= 0.6 is 0 Å². The molecule has 0 amide bonds. The van der Waals surface area contributed by atoms with Crippen LogP contribution in [0.15, 0.2) is 18.2 Å². The molecule has 0 bridgehead atoms. The average molecular weight is 209 g/mol. The fourth-order valence-corrected chi connectivity index (χ4v) is 1.38. The van der Waals surface area contributed by atoms with Crippen molar-refractivity contribution in [2.75, 3.05) is 20.3 Å². The zero-order valence-electron chi connectivity index (χ0n) is 9.62. The molecule has 1 rings (SSSR count). The summed E-state index contributed by atoms with van der Waals surface area (Å²) in [7, 11) is 1.66. The Morgan fingerprint density at radius 2 is 2.07 bits per heavy atom. The van der Waals surface area contributed by atoms with Crippen molar-refractivity contribution in [3.05, 3.63) is 29.3 Å². The van der Waals surface area contributed by atoms with E-state index in [4.69, 9.17) is 15.2 Å². The molecule has 0 saturated carbocycles. The maximum absolute atomic E-state index is 5.86. The summed E-state index contributed by atoms with van der Waals surface area (Å²) in [5.74, 6) is 0.863. The van der Waals surface area contributed by atoms with Gasteiger partial charge in [0.1, 0.15) is 12.4 Å². The van der Waals surface area contributed by atoms with Crippen LogP contribution in [0, 0.1) is 6.92 Å². The maximum atomic E-state index is 5.86. The van der Waals surface area contributed by atoms with Gasteiger partial charge in [0.05, 0.1) is 6.61 Å². The second kappa shape index (κ2) is 5.73. The number of ether oxygens (including phenoxy) is 2. The van der Waals surface area contributed by atoms with E-state index in [1.165, 1.54) is 5.56 Å². The Kier molecular flexibility index (Phi) is 4.59. The zero-order valence-corrected chi connectivity index (χ0v) is 9.62. The van der Waals surface area contributed by atoms with E-state index >= 15 is 0 Å². The lowest BCUT2D eigenvalue weighted by Gasteiger charge is -2.14. The molecule has 0 saturated heterocycles. The van der Waals surface area contributed by atoms with Crippen LogP contribution in [-0.4, -0.2) is 20.3 Å². The Morgan fingerprint density at radius 1 is 1.33 bits per heavy atom. The predicted octanol–water partition coefficient (Wildman–Crippen LogP) is 2.04. The smallest absolute Gasteiger partial charge is 0.124 e. The molecule has 0 heterocycles. The van der Waals surface area contributed by atoms with Crippen molar-refractivity contribution in [3.8, 4) is 5.75 Å². The molecule has 3 nitrogen and oxygen atoms in total. The Labute approximate surface area is 91.2 Å². The number of nitrogens with two attached hydrogens (primary N) is 1. The van der Waals surface area contributed by atoms with Crippen LogP contribution in [0.25, 0.3) is 0 Å². The second-order valence-corrected chi connectivity index (χ2v) is 3.67. The van der Waals surface area contributed by atoms with Crippen LogP contribution in [-0.2, 0) is 4.74 Å². The Hall–Kier alpha value is -1.06. The summed E-state index contributed by atoms with van der Waals surface area (Å²) in [6.07, 6.45) is 0. The van der Waals surface area contributed by atoms with Crippen molar-refractivity contribution in [1.29, 1.82) is 0 Å². The van der Waals surface area contributed by atoms with Crippen molar-refractivity contribution < 1.29 is 9.47 Å². The molecule has 0 radical (unpaired) electrons. The summed E-state index contributed by atoms with van der Waals surface area (Å²) in [5, 5.41) is 0. The van der Waals surface area contributed by atoms with Gasteiger partial charge in [-0.05, 0) is 25.5 Å². The standard InChI is InChI=1S/C12H19NO2/c1-9-4-5-11(10(2)13)12(8-9)15-7-6-14-3/h4-5,8,10H,6-7,13H2,1-3H3/t10-/m0/s1. The first-order valence-electron chi connectivity index (χ1n) is 5.13. The summed E-state index contributed by atoms with van der Waals surface area (Å²) < 4.78 is 10.6. The van der Waals surface area contributed by atoms with Crippen molar-refractivity contribution in [3.63, 3.8) is 0 Å². The first-order chi connectivity index (χ1) is 7.15. The van der Waals surface area contributed by atoms with Gasteiger partial charge in [0.2, 0.25) is 0 Å². The number of rotatable bonds is 5. The van der Waals surface area contributed by atoms with Gasteiger partial charge in [-0.3, -0.25) is 0 Å². The molecule has 0 spiro atoms. The van der Waals surface area contributed by atoms with E-state index in [1.54, 1.807) is 7.11 Å². The molecule has 1 aromatic carbocycles. The van der Waals surface area contributed by atoms with E-state index in [-0.39, 0.29) is 6.04 Å². The number of aryl methyl sites for hydroxylation is 1. The van der Waals surface area contributed by atoms with Crippen molar-refractivity contribution in [1.82, 2.24) is 0 Å². The highest BCUT2D eigenvalue weighted by atomic mass is 16.5. The molecular weight excluding hydrogens is 190 g/mol. The van der Waals surface area contributed by atoms with Gasteiger partial charge in [-0.15, -0.1) is 0 Å². The third-order valence-electron chi connectivity index (χ3n) is 2.20. The van der Waals surface area contributed by atoms with Gasteiger partial charge < -0.3 is 15.2 Å². The third kappa shape index (κ3) is 3.53. The van der Waals surface area contributed by atoms with Crippen LogP contribution in [0.4, 0.5) is 0 Å². The molecule has 0 aromatic heterocycles. The van der Waals surface area contributed by atoms with Gasteiger partial charge in [-0.1, -0.05) is 12.1 Å². The third-order valence-corrected chi connectivity index (χ3v) is 2.20. The molecule has 15 heavy (non-hydrogen) atoms. The normalized spacial score (nSPS) is 12.5. The second-order valence-electron chi connectivity index (χ2n) is 3.67. The van der Waals surface area contributed by atoms with Gasteiger partial charge in [0.25, 0.3) is 0 Å². The van der Waals surface area contributed by atoms with Crippen molar-refractivity contribution >= 4 is 0 Å². The molecule has 1 aromatic rings. The topological polar surface area (TPSA) is 44.5 Å². The summed E-state index contributed by atoms with van der Waals surface area (Å²) in [5.41, 5.74) is 8.07. The van der Waals surface area contributed by atoms with E-state index in [9.17, 15) is 0 Å². The minimum absolute atomic E-state index is 0.0110. The monoisotopic (exact) mass is 209 g/mol. The fraction of sp³-hybridized carbons (Fsp3) is 0.500. The van der Waals surface area contributed by atoms with Crippen LogP contribution in [0.3, 0.4) is 0 Å². The quantitative estimate of drug-likeness (QED) is 0.755. The van der Waals surface area contributed by atoms with Gasteiger partial charge in [0.15, 0.2) is 0 Å². The van der Waals surface area contributed by atoms with Gasteiger partial charge in [-0.2, -0.15) is 0 Å². The first kappa shape index (κ1) is 12.0. The van der Waals surface area contributed by atoms with E-state index in [0.717, 1.165) is 11.3 Å². The highest BCUT2D eigenvalue weighted by molar-refractivity contribution is 5.38. The molecule has 1 atom stereocenters. The number of hydrogen-bond donors (Lipinski definition) is 1. The van der Waals surface area contributed by atoms with Crippen LogP contribution in [0.2, 0.25) is 0 Å². The molecule has 0 aliphatic carbocycles. The lowest BCUT2D eigenvalue weighted by atomic mass is 10.1. The molecule has 0 aliphatic rings. The van der Waals surface area contributed by atoms with Crippen molar-refractivity contribution in [2.45, 2.75) is 19.9 Å². The average Bonchev–Trinajstić information content (AvgIpc) is 2.18. The molecule has 0 fully saturated rings. The number of benzene rings is 1. The molecule has 0 unspecified atom stereocenters. The van der Waals surface area contributed by atoms with E-state index in [0.29, 0.717) is 13.2 Å². The summed E-state index contributed by atoms with van der Waals surface area (Å²) >= 11 is 0. The highest BCUT2D eigenvalue weighted by Gasteiger charge is 2.07. The lowest BCUT2D eigenvalue weighted by molar-refractivity contribution is 0.145. The molecule has 0 aliphatic heterocycles. The van der Waals surface area contributed by atoms with Crippen LogP contribution in [0.1, 0.15) is 24.1 Å². The maximum Gasteiger partial charge on any atom is 0.124 e. The van der Waals surface area contributed by atoms with E-state index in [1.807, 2.05) is 32.0 Å². The minimum Gasteiger partial charge on any atom is -0.491 e. The summed E-state index contributed by atoms with van der Waals surface area (Å²) in [4.78, 5) is 0. The number of methoxy groups -OCH3 is 1. The van der Waals surface area contributed by atoms with E-state index in [2.05, 4.69) is 0 Å². The molecule has 84 valence electrons. The summed E-state index contributed by atoms with van der Waals surface area (Å²) in [6.45, 7) is 5.13. The van der Waals surface area contributed by atoms with Gasteiger partial charge in [-0.25, -0.2) is 0 Å². The molecular formula is C12H19NO2.